The second-order valence-electron chi connectivity index (χ2n) is 4.88. The molecule has 0 bridgehead atoms. The van der Waals surface area contributed by atoms with Crippen LogP contribution in [0.2, 0.25) is 0 Å². The van der Waals surface area contributed by atoms with E-state index < -0.39 is 5.63 Å². The highest BCUT2D eigenvalue weighted by atomic mass is 79.9. The van der Waals surface area contributed by atoms with Crippen molar-refractivity contribution in [2.75, 3.05) is 7.11 Å². The van der Waals surface area contributed by atoms with Gasteiger partial charge in [-0.2, -0.15) is 0 Å². The Kier molecular flexibility index (Phi) is 5.22. The maximum absolute atomic E-state index is 12.1. The van der Waals surface area contributed by atoms with Gasteiger partial charge in [-0.25, -0.2) is 9.78 Å². The van der Waals surface area contributed by atoms with Crippen LogP contribution < -0.4 is 10.4 Å². The molecule has 0 radical (unpaired) electrons. The molecular weight excluding hydrogens is 402 g/mol. The molecule has 0 saturated carbocycles. The average molecular weight is 417 g/mol. The maximum Gasteiger partial charge on any atom is 0.359 e. The molecule has 1 heterocycles. The first-order valence-corrected chi connectivity index (χ1v) is 8.14. The van der Waals surface area contributed by atoms with Crippen LogP contribution in [0.4, 0.5) is 0 Å². The first-order chi connectivity index (χ1) is 9.93. The monoisotopic (exact) mass is 415 g/mol. The van der Waals surface area contributed by atoms with Crippen LogP contribution >= 0.6 is 31.9 Å². The molecule has 0 fully saturated rings. The Hall–Kier alpha value is -1.14. The lowest BCUT2D eigenvalue weighted by Gasteiger charge is -2.13. The second-order valence-corrected chi connectivity index (χ2v) is 6.62. The van der Waals surface area contributed by atoms with Crippen LogP contribution in [-0.4, -0.2) is 12.1 Å². The van der Waals surface area contributed by atoms with E-state index in [-0.39, 0.29) is 10.7 Å². The van der Waals surface area contributed by atoms with Crippen LogP contribution in [0.15, 0.2) is 38.1 Å². The summed E-state index contributed by atoms with van der Waals surface area (Å²) in [5, 5.41) is 0. The Morgan fingerprint density at radius 2 is 1.86 bits per heavy atom. The van der Waals surface area contributed by atoms with Crippen molar-refractivity contribution in [3.63, 3.8) is 0 Å². The van der Waals surface area contributed by atoms with Gasteiger partial charge in [-0.05, 0) is 46.1 Å². The zero-order valence-corrected chi connectivity index (χ0v) is 15.1. The fraction of sp³-hybridized carbons (Fsp3) is 0.333. The molecule has 0 N–H and O–H groups in total. The highest BCUT2D eigenvalue weighted by Gasteiger charge is 2.21. The van der Waals surface area contributed by atoms with Gasteiger partial charge >= 0.3 is 5.63 Å². The minimum Gasteiger partial charge on any atom is -0.497 e. The van der Waals surface area contributed by atoms with E-state index in [2.05, 4.69) is 36.8 Å². The lowest BCUT2D eigenvalue weighted by atomic mass is 10.1. The molecule has 0 aliphatic heterocycles. The van der Waals surface area contributed by atoms with Crippen molar-refractivity contribution in [2.24, 2.45) is 5.92 Å². The fourth-order valence-corrected chi connectivity index (χ4v) is 2.59. The van der Waals surface area contributed by atoms with Gasteiger partial charge in [-0.3, -0.25) is 0 Å². The first-order valence-electron chi connectivity index (χ1n) is 6.43. The van der Waals surface area contributed by atoms with E-state index in [0.29, 0.717) is 16.1 Å². The van der Waals surface area contributed by atoms with Gasteiger partial charge in [-0.15, -0.1) is 0 Å². The molecule has 4 nitrogen and oxygen atoms in total. The molecule has 1 aromatic carbocycles. The van der Waals surface area contributed by atoms with E-state index in [1.54, 1.807) is 19.2 Å². The Labute approximate surface area is 139 Å². The van der Waals surface area contributed by atoms with Gasteiger partial charge < -0.3 is 9.15 Å². The molecule has 1 aromatic heterocycles. The van der Waals surface area contributed by atoms with Crippen molar-refractivity contribution < 1.29 is 9.15 Å². The van der Waals surface area contributed by atoms with Gasteiger partial charge in [0.2, 0.25) is 0 Å². The number of benzene rings is 1. The first kappa shape index (κ1) is 16.2. The molecule has 21 heavy (non-hydrogen) atoms. The zero-order chi connectivity index (χ0) is 15.6. The van der Waals surface area contributed by atoms with E-state index in [0.717, 1.165) is 11.3 Å². The van der Waals surface area contributed by atoms with Gasteiger partial charge in [0.1, 0.15) is 16.0 Å². The van der Waals surface area contributed by atoms with Crippen LogP contribution in [0.1, 0.15) is 24.4 Å². The molecule has 1 unspecified atom stereocenters. The third kappa shape index (κ3) is 3.55. The summed E-state index contributed by atoms with van der Waals surface area (Å²) in [6.07, 6.45) is 0. The summed E-state index contributed by atoms with van der Waals surface area (Å²) in [6, 6.07) is 7.24. The quantitative estimate of drug-likeness (QED) is 0.685. The lowest BCUT2D eigenvalue weighted by molar-refractivity contribution is 0.414. The highest BCUT2D eigenvalue weighted by molar-refractivity contribution is 9.10. The van der Waals surface area contributed by atoms with Crippen molar-refractivity contribution in [3.05, 3.63) is 45.0 Å². The van der Waals surface area contributed by atoms with Gasteiger partial charge in [0.25, 0.3) is 0 Å². The van der Waals surface area contributed by atoms with Crippen molar-refractivity contribution in [1.29, 1.82) is 0 Å². The SMILES string of the molecule is COc1ccc(-c2oc(=O)c(C(Br)C(C)C)nc2Br)cc1. The molecule has 0 saturated heterocycles. The van der Waals surface area contributed by atoms with Gasteiger partial charge in [0, 0.05) is 5.56 Å². The summed E-state index contributed by atoms with van der Waals surface area (Å²) >= 11 is 6.85. The maximum atomic E-state index is 12.1. The molecular formula is C15H15Br2NO3. The molecule has 0 aliphatic carbocycles. The Morgan fingerprint density at radius 1 is 1.24 bits per heavy atom. The van der Waals surface area contributed by atoms with E-state index in [9.17, 15) is 4.79 Å². The topological polar surface area (TPSA) is 52.3 Å². The summed E-state index contributed by atoms with van der Waals surface area (Å²) in [6.45, 7) is 4.01. The van der Waals surface area contributed by atoms with E-state index in [1.165, 1.54) is 0 Å². The van der Waals surface area contributed by atoms with Gasteiger partial charge in [-0.1, -0.05) is 29.8 Å². The molecule has 112 valence electrons. The zero-order valence-electron chi connectivity index (χ0n) is 11.9. The highest BCUT2D eigenvalue weighted by Crippen LogP contribution is 2.31. The van der Waals surface area contributed by atoms with Crippen LogP contribution in [0, 0.1) is 5.92 Å². The lowest BCUT2D eigenvalue weighted by Crippen LogP contribution is -2.16. The van der Waals surface area contributed by atoms with Crippen molar-refractivity contribution >= 4 is 31.9 Å². The van der Waals surface area contributed by atoms with Crippen molar-refractivity contribution in [1.82, 2.24) is 4.98 Å². The Balaban J connectivity index is 2.46. The molecule has 0 spiro atoms. The van der Waals surface area contributed by atoms with E-state index in [1.807, 2.05) is 26.0 Å². The smallest absolute Gasteiger partial charge is 0.359 e. The number of aromatic nitrogens is 1. The summed E-state index contributed by atoms with van der Waals surface area (Å²) in [7, 11) is 1.60. The second kappa shape index (κ2) is 6.75. The third-order valence-electron chi connectivity index (χ3n) is 3.01. The van der Waals surface area contributed by atoms with Crippen LogP contribution in [0.5, 0.6) is 5.75 Å². The number of rotatable bonds is 4. The standard InChI is InChI=1S/C15H15Br2NO3/c1-8(2)11(16)12-15(19)21-13(14(17)18-12)9-4-6-10(20-3)7-5-9/h4-8,11H,1-3H3. The van der Waals surface area contributed by atoms with Gasteiger partial charge in [0.15, 0.2) is 5.76 Å². The number of nitrogens with zero attached hydrogens (tertiary/aromatic N) is 1. The Morgan fingerprint density at radius 3 is 2.38 bits per heavy atom. The number of alkyl halides is 1. The predicted octanol–water partition coefficient (Wildman–Crippen LogP) is 4.56. The summed E-state index contributed by atoms with van der Waals surface area (Å²) in [5.74, 6) is 1.39. The van der Waals surface area contributed by atoms with Crippen LogP contribution in [-0.2, 0) is 0 Å². The molecule has 0 amide bonds. The normalized spacial score (nSPS) is 12.5. The van der Waals surface area contributed by atoms with E-state index in [4.69, 9.17) is 9.15 Å². The number of ether oxygens (including phenoxy) is 1. The largest absolute Gasteiger partial charge is 0.497 e. The number of methoxy groups -OCH3 is 1. The molecule has 2 aromatic rings. The average Bonchev–Trinajstić information content (AvgIpc) is 2.48. The van der Waals surface area contributed by atoms with Crippen molar-refractivity contribution in [2.45, 2.75) is 18.7 Å². The van der Waals surface area contributed by atoms with E-state index >= 15 is 0 Å². The minimum absolute atomic E-state index is 0.144. The summed E-state index contributed by atoms with van der Waals surface area (Å²) in [5.41, 5.74) is 0.697. The summed E-state index contributed by atoms with van der Waals surface area (Å²) in [4.78, 5) is 16.3. The fourth-order valence-electron chi connectivity index (χ4n) is 1.80. The number of halogens is 2. The molecule has 6 heteroatoms. The predicted molar refractivity (Wildman–Crippen MR) is 89.0 cm³/mol. The number of hydrogen-bond donors (Lipinski definition) is 0. The van der Waals surface area contributed by atoms with Crippen LogP contribution in [0.3, 0.4) is 0 Å². The molecule has 1 atom stereocenters. The van der Waals surface area contributed by atoms with Crippen molar-refractivity contribution in [3.8, 4) is 17.1 Å². The summed E-state index contributed by atoms with van der Waals surface area (Å²) < 4.78 is 11.1. The number of hydrogen-bond acceptors (Lipinski definition) is 4. The molecule has 2 rings (SSSR count). The van der Waals surface area contributed by atoms with Crippen LogP contribution in [0.25, 0.3) is 11.3 Å². The molecule has 0 aliphatic rings. The van der Waals surface area contributed by atoms with Gasteiger partial charge in [0.05, 0.1) is 11.9 Å². The Bertz CT molecular complexity index is 680. The third-order valence-corrected chi connectivity index (χ3v) is 5.04. The minimum atomic E-state index is -0.431.